The Hall–Kier alpha value is -4.80. The van der Waals surface area contributed by atoms with E-state index in [4.69, 9.17) is 15.6 Å². The summed E-state index contributed by atoms with van der Waals surface area (Å²) in [5.74, 6) is -0.518. The van der Waals surface area contributed by atoms with E-state index in [1.54, 1.807) is 4.90 Å². The molecule has 0 saturated carbocycles. The van der Waals surface area contributed by atoms with Gasteiger partial charge in [-0.1, -0.05) is 24.8 Å². The molecule has 11 heteroatoms. The van der Waals surface area contributed by atoms with Crippen LogP contribution in [-0.4, -0.2) is 56.7 Å². The van der Waals surface area contributed by atoms with Crippen LogP contribution in [0.1, 0.15) is 34.8 Å². The van der Waals surface area contributed by atoms with Gasteiger partial charge in [-0.2, -0.15) is 5.10 Å². The largest absolute Gasteiger partial charge is 0.496 e. The lowest BCUT2D eigenvalue weighted by Crippen LogP contribution is -2.40. The second-order valence-electron chi connectivity index (χ2n) is 9.26. The summed E-state index contributed by atoms with van der Waals surface area (Å²) in [5.41, 5.74) is 9.17. The fourth-order valence-electron chi connectivity index (χ4n) is 4.90. The van der Waals surface area contributed by atoms with Crippen LogP contribution < -0.4 is 15.8 Å². The average Bonchev–Trinajstić information content (AvgIpc) is 3.37. The number of methoxy groups -OCH3 is 1. The maximum Gasteiger partial charge on any atom is 0.255 e. The molecule has 4 aromatic rings. The van der Waals surface area contributed by atoms with Crippen molar-refractivity contribution in [1.82, 2.24) is 30.0 Å². The number of nitrogens with zero attached hydrogens (tertiary/aromatic N) is 5. The fraction of sp³-hybridized carbons (Fsp3) is 0.250. The lowest BCUT2D eigenvalue weighted by molar-refractivity contribution is -0.127. The Labute approximate surface area is 224 Å². The molecule has 0 spiro atoms. The van der Waals surface area contributed by atoms with Crippen molar-refractivity contribution in [2.75, 3.05) is 25.9 Å². The third-order valence-corrected chi connectivity index (χ3v) is 6.81. The SMILES string of the molecule is C=CC(=O)N1CCCC(n2nc(-c3cccc(CNC(=O)c4cc(F)ccc4OC)c3)c3c(N)ncnc32)C1. The average molecular weight is 530 g/mol. The smallest absolute Gasteiger partial charge is 0.255 e. The number of hydrogen-bond acceptors (Lipinski definition) is 7. The molecule has 1 fully saturated rings. The minimum absolute atomic E-state index is 0.0862. The molecule has 0 aliphatic carbocycles. The Kier molecular flexibility index (Phi) is 7.22. The Balaban J connectivity index is 1.44. The molecule has 200 valence electrons. The van der Waals surface area contributed by atoms with E-state index in [-0.39, 0.29) is 29.8 Å². The third kappa shape index (κ3) is 5.15. The first kappa shape index (κ1) is 25.8. The fourth-order valence-corrected chi connectivity index (χ4v) is 4.90. The summed E-state index contributed by atoms with van der Waals surface area (Å²) in [6.45, 7) is 4.95. The number of rotatable bonds is 7. The van der Waals surface area contributed by atoms with Crippen molar-refractivity contribution in [2.45, 2.75) is 25.4 Å². The van der Waals surface area contributed by atoms with E-state index in [1.165, 1.54) is 31.6 Å². The van der Waals surface area contributed by atoms with Crippen molar-refractivity contribution >= 4 is 28.7 Å². The predicted octanol–water partition coefficient (Wildman–Crippen LogP) is 3.50. The van der Waals surface area contributed by atoms with Gasteiger partial charge in [-0.25, -0.2) is 19.0 Å². The number of aromatic nitrogens is 4. The summed E-state index contributed by atoms with van der Waals surface area (Å²) in [7, 11) is 1.43. The molecule has 1 aliphatic heterocycles. The van der Waals surface area contributed by atoms with Crippen molar-refractivity contribution < 1.29 is 18.7 Å². The standard InChI is InChI=1S/C28H28FN7O3/c1-3-23(37)35-11-5-8-20(15-35)36-27-24(26(30)32-16-33-27)25(34-36)18-7-4-6-17(12-18)14-31-28(38)21-13-19(29)9-10-22(21)39-2/h3-4,6-7,9-10,12-13,16,20H,1,5,8,11,14-15H2,2H3,(H,31,38)(H2,30,32,33). The number of piperidine rings is 1. The van der Waals surface area contributed by atoms with E-state index in [0.29, 0.717) is 35.6 Å². The summed E-state index contributed by atoms with van der Waals surface area (Å²) in [6.07, 6.45) is 4.38. The van der Waals surface area contributed by atoms with Crippen molar-refractivity contribution in [1.29, 1.82) is 0 Å². The molecular formula is C28H28FN7O3. The predicted molar refractivity (Wildman–Crippen MR) is 144 cm³/mol. The number of likely N-dealkylation sites (tertiary alicyclic amines) is 1. The highest BCUT2D eigenvalue weighted by atomic mass is 19.1. The van der Waals surface area contributed by atoms with Gasteiger partial charge in [0.1, 0.15) is 29.4 Å². The maximum atomic E-state index is 13.7. The molecule has 10 nitrogen and oxygen atoms in total. The summed E-state index contributed by atoms with van der Waals surface area (Å²) >= 11 is 0. The molecule has 1 atom stereocenters. The van der Waals surface area contributed by atoms with Crippen molar-refractivity contribution in [3.8, 4) is 17.0 Å². The quantitative estimate of drug-likeness (QED) is 0.351. The Bertz CT molecular complexity index is 1570. The number of amides is 2. The maximum absolute atomic E-state index is 13.7. The first-order valence-corrected chi connectivity index (χ1v) is 12.5. The van der Waals surface area contributed by atoms with Crippen LogP contribution in [-0.2, 0) is 11.3 Å². The summed E-state index contributed by atoms with van der Waals surface area (Å²) in [5, 5.41) is 8.34. The molecule has 2 amide bonds. The van der Waals surface area contributed by atoms with E-state index >= 15 is 0 Å². The molecule has 0 radical (unpaired) electrons. The minimum Gasteiger partial charge on any atom is -0.496 e. The molecule has 1 saturated heterocycles. The monoisotopic (exact) mass is 529 g/mol. The van der Waals surface area contributed by atoms with Crippen molar-refractivity contribution in [2.24, 2.45) is 0 Å². The summed E-state index contributed by atoms with van der Waals surface area (Å²) in [4.78, 5) is 35.4. The molecule has 1 aliphatic rings. The van der Waals surface area contributed by atoms with Gasteiger partial charge in [0.25, 0.3) is 5.91 Å². The molecule has 5 rings (SSSR count). The number of halogens is 1. The Morgan fingerprint density at radius 1 is 1.26 bits per heavy atom. The lowest BCUT2D eigenvalue weighted by Gasteiger charge is -2.32. The van der Waals surface area contributed by atoms with E-state index in [1.807, 2.05) is 28.9 Å². The van der Waals surface area contributed by atoms with Gasteiger partial charge in [0.05, 0.1) is 24.1 Å². The van der Waals surface area contributed by atoms with Crippen molar-refractivity contribution in [3.63, 3.8) is 0 Å². The van der Waals surface area contributed by atoms with Gasteiger partial charge in [-0.3, -0.25) is 9.59 Å². The number of carbonyl (C=O) groups excluding carboxylic acids is 2. The molecule has 0 bridgehead atoms. The number of hydrogen-bond donors (Lipinski definition) is 2. The summed E-state index contributed by atoms with van der Waals surface area (Å²) < 4.78 is 20.8. The zero-order valence-corrected chi connectivity index (χ0v) is 21.4. The van der Waals surface area contributed by atoms with E-state index in [0.717, 1.165) is 30.0 Å². The topological polar surface area (TPSA) is 128 Å². The van der Waals surface area contributed by atoms with Crippen LogP contribution >= 0.6 is 0 Å². The number of anilines is 1. The Morgan fingerprint density at radius 3 is 2.90 bits per heavy atom. The van der Waals surface area contributed by atoms with Crippen LogP contribution in [0, 0.1) is 5.82 Å². The van der Waals surface area contributed by atoms with Crippen LogP contribution in [0.2, 0.25) is 0 Å². The molecule has 3 N–H and O–H groups in total. The van der Waals surface area contributed by atoms with Crippen LogP contribution in [0.15, 0.2) is 61.4 Å². The number of fused-ring (bicyclic) bond motifs is 1. The lowest BCUT2D eigenvalue weighted by atomic mass is 10.1. The highest BCUT2D eigenvalue weighted by Gasteiger charge is 2.28. The molecule has 39 heavy (non-hydrogen) atoms. The summed E-state index contributed by atoms with van der Waals surface area (Å²) in [6, 6.07) is 11.2. The first-order valence-electron chi connectivity index (χ1n) is 12.5. The van der Waals surface area contributed by atoms with Crippen LogP contribution in [0.25, 0.3) is 22.3 Å². The highest BCUT2D eigenvalue weighted by Crippen LogP contribution is 2.34. The third-order valence-electron chi connectivity index (χ3n) is 6.81. The Morgan fingerprint density at radius 2 is 2.10 bits per heavy atom. The number of benzene rings is 2. The van der Waals surface area contributed by atoms with Gasteiger partial charge in [-0.15, -0.1) is 0 Å². The zero-order valence-electron chi connectivity index (χ0n) is 21.4. The van der Waals surface area contributed by atoms with Gasteiger partial charge < -0.3 is 20.7 Å². The number of nitrogen functional groups attached to an aromatic ring is 1. The number of carbonyl (C=O) groups is 2. The van der Waals surface area contributed by atoms with Gasteiger partial charge in [-0.05, 0) is 48.7 Å². The molecular weight excluding hydrogens is 501 g/mol. The first-order chi connectivity index (χ1) is 18.9. The number of nitrogens with one attached hydrogen (secondary N) is 1. The zero-order chi connectivity index (χ0) is 27.5. The molecule has 3 heterocycles. The van der Waals surface area contributed by atoms with Crippen molar-refractivity contribution in [3.05, 3.63) is 78.4 Å². The van der Waals surface area contributed by atoms with Gasteiger partial charge >= 0.3 is 0 Å². The second-order valence-corrected chi connectivity index (χ2v) is 9.26. The number of ether oxygens (including phenoxy) is 1. The minimum atomic E-state index is -0.528. The van der Waals surface area contributed by atoms with Crippen LogP contribution in [0.4, 0.5) is 10.2 Å². The second kappa shape index (κ2) is 10.9. The number of nitrogens with two attached hydrogens (primary N) is 1. The van der Waals surface area contributed by atoms with Gasteiger partial charge in [0.15, 0.2) is 5.65 Å². The highest BCUT2D eigenvalue weighted by molar-refractivity contribution is 5.99. The van der Waals surface area contributed by atoms with Gasteiger partial charge in [0, 0.05) is 25.2 Å². The molecule has 2 aromatic carbocycles. The normalized spacial score (nSPS) is 15.2. The van der Waals surface area contributed by atoms with E-state index in [2.05, 4.69) is 21.9 Å². The van der Waals surface area contributed by atoms with E-state index < -0.39 is 11.7 Å². The molecule has 1 unspecified atom stereocenters. The van der Waals surface area contributed by atoms with Crippen LogP contribution in [0.3, 0.4) is 0 Å². The van der Waals surface area contributed by atoms with Gasteiger partial charge in [0.2, 0.25) is 5.91 Å². The van der Waals surface area contributed by atoms with Crippen LogP contribution in [0.5, 0.6) is 5.75 Å². The van der Waals surface area contributed by atoms with E-state index in [9.17, 15) is 14.0 Å². The molecule has 2 aromatic heterocycles.